The molecule has 126 valence electrons. The van der Waals surface area contributed by atoms with Gasteiger partial charge in [0, 0.05) is 11.3 Å². The minimum atomic E-state index is -4.56. The highest BCUT2D eigenvalue weighted by atomic mass is 19.4. The molecule has 25 heavy (non-hydrogen) atoms. The summed E-state index contributed by atoms with van der Waals surface area (Å²) in [5.74, 6) is 0.388. The van der Waals surface area contributed by atoms with Crippen LogP contribution in [0.2, 0.25) is 0 Å². The lowest BCUT2D eigenvalue weighted by Crippen LogP contribution is -2.11. The quantitative estimate of drug-likeness (QED) is 0.553. The van der Waals surface area contributed by atoms with Gasteiger partial charge >= 0.3 is 6.18 Å². The number of benzene rings is 1. The predicted octanol–water partition coefficient (Wildman–Crippen LogP) is 3.77. The van der Waals surface area contributed by atoms with Gasteiger partial charge in [0.2, 0.25) is 5.82 Å². The van der Waals surface area contributed by atoms with Crippen molar-refractivity contribution in [3.63, 3.8) is 0 Å². The van der Waals surface area contributed by atoms with Crippen molar-refractivity contribution < 1.29 is 17.7 Å². The summed E-state index contributed by atoms with van der Waals surface area (Å²) < 4.78 is 45.6. The Morgan fingerprint density at radius 3 is 2.56 bits per heavy atom. The molecule has 0 amide bonds. The third-order valence-electron chi connectivity index (χ3n) is 3.63. The topological polar surface area (TPSA) is 69.1 Å². The van der Waals surface area contributed by atoms with Crippen LogP contribution in [0.25, 0.3) is 28.5 Å². The molecule has 4 aromatic rings. The molecule has 0 radical (unpaired) electrons. The normalized spacial score (nSPS) is 12.0. The molecule has 0 aliphatic rings. The van der Waals surface area contributed by atoms with Crippen LogP contribution in [-0.2, 0) is 6.18 Å². The van der Waals surface area contributed by atoms with E-state index >= 15 is 0 Å². The number of rotatable bonds is 2. The maximum Gasteiger partial charge on any atom is 0.433 e. The summed E-state index contributed by atoms with van der Waals surface area (Å²) in [5.41, 5.74) is 0.298. The Hall–Kier alpha value is -3.23. The molecule has 4 rings (SSSR count). The van der Waals surface area contributed by atoms with Gasteiger partial charge in [-0.2, -0.15) is 23.3 Å². The molecule has 1 aromatic carbocycles. The summed E-state index contributed by atoms with van der Waals surface area (Å²) >= 11 is 0. The fourth-order valence-corrected chi connectivity index (χ4v) is 2.45. The van der Waals surface area contributed by atoms with E-state index < -0.39 is 11.9 Å². The Bertz CT molecular complexity index is 1050. The number of fused-ring (bicyclic) bond motifs is 1. The van der Waals surface area contributed by atoms with Crippen molar-refractivity contribution in [1.82, 2.24) is 24.7 Å². The molecular weight excluding hydrogens is 335 g/mol. The van der Waals surface area contributed by atoms with Gasteiger partial charge in [0.05, 0.1) is 11.8 Å². The van der Waals surface area contributed by atoms with Crippen molar-refractivity contribution in [2.45, 2.75) is 13.1 Å². The van der Waals surface area contributed by atoms with Gasteiger partial charge in [0.25, 0.3) is 5.89 Å². The minimum Gasteiger partial charge on any atom is -0.334 e. The molecule has 0 spiro atoms. The molecule has 0 saturated heterocycles. The van der Waals surface area contributed by atoms with Gasteiger partial charge in [-0.3, -0.25) is 0 Å². The summed E-state index contributed by atoms with van der Waals surface area (Å²) in [6.45, 7) is 1.52. The number of aryl methyl sites for hydroxylation is 1. The standard InChI is InChI=1S/C16H10F3N5O/c1-9-7-12(16(17,18)19)21-14-11(8-20-24(9)14)13-22-15(25-23-13)10-5-3-2-4-6-10/h2-8H,1H3. The molecular formula is C16H10F3N5O. The van der Waals surface area contributed by atoms with Gasteiger partial charge in [-0.25, -0.2) is 9.50 Å². The molecule has 3 heterocycles. The van der Waals surface area contributed by atoms with Crippen LogP contribution in [-0.4, -0.2) is 24.7 Å². The molecule has 6 nitrogen and oxygen atoms in total. The smallest absolute Gasteiger partial charge is 0.334 e. The van der Waals surface area contributed by atoms with E-state index in [4.69, 9.17) is 4.52 Å². The van der Waals surface area contributed by atoms with Crippen LogP contribution >= 0.6 is 0 Å². The van der Waals surface area contributed by atoms with Gasteiger partial charge in [-0.05, 0) is 25.1 Å². The highest BCUT2D eigenvalue weighted by Gasteiger charge is 2.34. The predicted molar refractivity (Wildman–Crippen MR) is 81.5 cm³/mol. The van der Waals surface area contributed by atoms with Gasteiger partial charge in [0.1, 0.15) is 5.69 Å². The maximum atomic E-state index is 13.0. The lowest BCUT2D eigenvalue weighted by molar-refractivity contribution is -0.141. The molecule has 0 bridgehead atoms. The van der Waals surface area contributed by atoms with Gasteiger partial charge in [-0.15, -0.1) is 0 Å². The second-order valence-corrected chi connectivity index (χ2v) is 5.36. The fraction of sp³-hybridized carbons (Fsp3) is 0.125. The number of halogens is 3. The number of nitrogens with zero attached hydrogens (tertiary/aromatic N) is 5. The summed E-state index contributed by atoms with van der Waals surface area (Å²) in [4.78, 5) is 7.92. The lowest BCUT2D eigenvalue weighted by Gasteiger charge is -2.07. The van der Waals surface area contributed by atoms with Crippen LogP contribution in [0.3, 0.4) is 0 Å². The van der Waals surface area contributed by atoms with Crippen molar-refractivity contribution in [2.24, 2.45) is 0 Å². The molecule has 3 aromatic heterocycles. The molecule has 0 saturated carbocycles. The van der Waals surface area contributed by atoms with Crippen molar-refractivity contribution in [1.29, 1.82) is 0 Å². The van der Waals surface area contributed by atoms with Gasteiger partial charge < -0.3 is 4.52 Å². The first-order chi connectivity index (χ1) is 11.9. The van der Waals surface area contributed by atoms with Crippen molar-refractivity contribution in [2.75, 3.05) is 0 Å². The molecule has 0 unspecified atom stereocenters. The van der Waals surface area contributed by atoms with E-state index in [9.17, 15) is 13.2 Å². The maximum absolute atomic E-state index is 13.0. The second-order valence-electron chi connectivity index (χ2n) is 5.36. The largest absolute Gasteiger partial charge is 0.433 e. The Labute approximate surface area is 138 Å². The number of aromatic nitrogens is 5. The van der Waals surface area contributed by atoms with Crippen LogP contribution < -0.4 is 0 Å². The second kappa shape index (κ2) is 5.40. The monoisotopic (exact) mass is 345 g/mol. The average Bonchev–Trinajstić information content (AvgIpc) is 3.21. The third kappa shape index (κ3) is 2.63. The van der Waals surface area contributed by atoms with Gasteiger partial charge in [0.15, 0.2) is 5.65 Å². The lowest BCUT2D eigenvalue weighted by atomic mass is 10.2. The van der Waals surface area contributed by atoms with Crippen molar-refractivity contribution in [3.05, 3.63) is 54.0 Å². The summed E-state index contributed by atoms with van der Waals surface area (Å²) in [5, 5.41) is 7.91. The highest BCUT2D eigenvalue weighted by Crippen LogP contribution is 2.31. The average molecular weight is 345 g/mol. The zero-order valence-corrected chi connectivity index (χ0v) is 12.8. The summed E-state index contributed by atoms with van der Waals surface area (Å²) in [7, 11) is 0. The van der Waals surface area contributed by atoms with Crippen LogP contribution in [0, 0.1) is 6.92 Å². The first-order valence-corrected chi connectivity index (χ1v) is 7.25. The first-order valence-electron chi connectivity index (χ1n) is 7.25. The number of alkyl halides is 3. The van der Waals surface area contributed by atoms with Crippen LogP contribution in [0.15, 0.2) is 47.1 Å². The minimum absolute atomic E-state index is 0.0211. The van der Waals surface area contributed by atoms with Gasteiger partial charge in [-0.1, -0.05) is 23.4 Å². The molecule has 0 fully saturated rings. The Morgan fingerprint density at radius 1 is 1.08 bits per heavy atom. The Kier molecular flexibility index (Phi) is 3.31. The van der Waals surface area contributed by atoms with E-state index in [0.717, 1.165) is 6.07 Å². The zero-order chi connectivity index (χ0) is 17.6. The Morgan fingerprint density at radius 2 is 1.84 bits per heavy atom. The number of hydrogen-bond acceptors (Lipinski definition) is 5. The summed E-state index contributed by atoms with van der Waals surface area (Å²) in [6, 6.07) is 9.99. The number of hydrogen-bond donors (Lipinski definition) is 0. The fourth-order valence-electron chi connectivity index (χ4n) is 2.45. The Balaban J connectivity index is 1.85. The van der Waals surface area contributed by atoms with E-state index in [1.807, 2.05) is 18.2 Å². The molecule has 0 N–H and O–H groups in total. The van der Waals surface area contributed by atoms with E-state index in [0.29, 0.717) is 11.3 Å². The zero-order valence-electron chi connectivity index (χ0n) is 12.8. The molecule has 9 heteroatoms. The SMILES string of the molecule is Cc1cc(C(F)(F)F)nc2c(-c3noc(-c4ccccc4)n3)cnn12. The van der Waals surface area contributed by atoms with E-state index in [1.54, 1.807) is 12.1 Å². The van der Waals surface area contributed by atoms with E-state index in [1.165, 1.54) is 17.6 Å². The third-order valence-corrected chi connectivity index (χ3v) is 3.63. The first kappa shape index (κ1) is 15.3. The molecule has 0 atom stereocenters. The van der Waals surface area contributed by atoms with Crippen LogP contribution in [0.4, 0.5) is 13.2 Å². The van der Waals surface area contributed by atoms with E-state index in [2.05, 4.69) is 20.2 Å². The van der Waals surface area contributed by atoms with Crippen LogP contribution in [0.1, 0.15) is 11.4 Å². The molecule has 0 aliphatic heterocycles. The molecule has 0 aliphatic carbocycles. The van der Waals surface area contributed by atoms with Crippen molar-refractivity contribution >= 4 is 5.65 Å². The van der Waals surface area contributed by atoms with E-state index in [-0.39, 0.29) is 22.9 Å². The highest BCUT2D eigenvalue weighted by molar-refractivity contribution is 5.73. The van der Waals surface area contributed by atoms with Crippen molar-refractivity contribution in [3.8, 4) is 22.8 Å². The summed E-state index contributed by atoms with van der Waals surface area (Å²) in [6.07, 6.45) is -3.18. The van der Waals surface area contributed by atoms with Crippen LogP contribution in [0.5, 0.6) is 0 Å².